The van der Waals surface area contributed by atoms with Crippen LogP contribution in [0.25, 0.3) is 0 Å². The van der Waals surface area contributed by atoms with Gasteiger partial charge in [-0.05, 0) is 78.4 Å². The number of nitrogens with one attached hydrogen (secondary N) is 2. The first kappa shape index (κ1) is 32.2. The summed E-state index contributed by atoms with van der Waals surface area (Å²) in [6, 6.07) is 26.3. The molecule has 4 aromatic rings. The van der Waals surface area contributed by atoms with E-state index in [-0.39, 0.29) is 0 Å². The molecule has 0 atom stereocenters. The number of hydrazone groups is 2. The summed E-state index contributed by atoms with van der Waals surface area (Å²) in [5, 5.41) is 7.72. The molecule has 0 saturated heterocycles. The van der Waals surface area contributed by atoms with Gasteiger partial charge in [0, 0.05) is 0 Å². The molecule has 0 saturated carbocycles. The number of hydrogen-bond acceptors (Lipinski definition) is 8. The molecule has 44 heavy (non-hydrogen) atoms. The molecule has 0 heterocycles. The Bertz CT molecular complexity index is 1530. The predicted molar refractivity (Wildman–Crippen MR) is 174 cm³/mol. The van der Waals surface area contributed by atoms with E-state index < -0.39 is 11.8 Å². The summed E-state index contributed by atoms with van der Waals surface area (Å²) < 4.78 is 24.0. The highest BCUT2D eigenvalue weighted by atomic mass is 79.9. The van der Waals surface area contributed by atoms with Crippen molar-refractivity contribution in [2.24, 2.45) is 10.2 Å². The molecule has 0 spiro atoms. The summed E-state index contributed by atoms with van der Waals surface area (Å²) in [5.74, 6) is -0.0303. The first-order chi connectivity index (χ1) is 21.4. The van der Waals surface area contributed by atoms with Crippen LogP contribution in [0.15, 0.2) is 104 Å². The molecule has 0 radical (unpaired) electrons. The van der Waals surface area contributed by atoms with Gasteiger partial charge >= 0.3 is 11.8 Å². The fraction of sp³-hybridized carbons (Fsp3) is 0.125. The second kappa shape index (κ2) is 16.2. The number of benzene rings is 4. The van der Waals surface area contributed by atoms with Crippen LogP contribution in [-0.2, 0) is 22.8 Å². The number of carbonyl (C=O) groups is 2. The molecule has 4 aromatic carbocycles. The number of methoxy groups -OCH3 is 2. The highest BCUT2D eigenvalue weighted by Gasteiger charge is 2.14. The van der Waals surface area contributed by atoms with Crippen LogP contribution in [-0.4, -0.2) is 38.5 Å². The van der Waals surface area contributed by atoms with Gasteiger partial charge in [0.2, 0.25) is 0 Å². The van der Waals surface area contributed by atoms with Crippen LogP contribution in [0.2, 0.25) is 0 Å². The lowest BCUT2D eigenvalue weighted by atomic mass is 10.2. The third-order valence-corrected chi connectivity index (χ3v) is 7.10. The van der Waals surface area contributed by atoms with E-state index in [1.807, 2.05) is 60.7 Å². The zero-order chi connectivity index (χ0) is 31.3. The fourth-order valence-electron chi connectivity index (χ4n) is 3.80. The van der Waals surface area contributed by atoms with Gasteiger partial charge in [-0.25, -0.2) is 10.9 Å². The molecule has 12 heteroatoms. The first-order valence-corrected chi connectivity index (χ1v) is 14.7. The molecule has 2 amide bonds. The molecular formula is C32H28Br2N4O6. The summed E-state index contributed by atoms with van der Waals surface area (Å²) in [6.45, 7) is 0.715. The maximum atomic E-state index is 12.2. The Morgan fingerprint density at radius 2 is 1.05 bits per heavy atom. The number of nitrogens with zero attached hydrogens (tertiary/aromatic N) is 2. The molecule has 0 aromatic heterocycles. The molecule has 226 valence electrons. The van der Waals surface area contributed by atoms with Crippen molar-refractivity contribution in [2.45, 2.75) is 13.2 Å². The summed E-state index contributed by atoms with van der Waals surface area (Å²) in [4.78, 5) is 24.4. The molecule has 2 N–H and O–H groups in total. The summed E-state index contributed by atoms with van der Waals surface area (Å²) in [6.07, 6.45) is 2.74. The van der Waals surface area contributed by atoms with E-state index in [2.05, 4.69) is 52.9 Å². The van der Waals surface area contributed by atoms with E-state index >= 15 is 0 Å². The molecule has 0 unspecified atom stereocenters. The quantitative estimate of drug-likeness (QED) is 0.105. The number of halogens is 2. The van der Waals surface area contributed by atoms with Gasteiger partial charge in [-0.15, -0.1) is 0 Å². The largest absolute Gasteiger partial charge is 0.493 e. The van der Waals surface area contributed by atoms with E-state index in [0.29, 0.717) is 56.3 Å². The predicted octanol–water partition coefficient (Wildman–Crippen LogP) is 5.99. The van der Waals surface area contributed by atoms with Crippen molar-refractivity contribution >= 4 is 56.1 Å². The van der Waals surface area contributed by atoms with Crippen LogP contribution in [0.5, 0.6) is 23.0 Å². The summed E-state index contributed by atoms with van der Waals surface area (Å²) in [5.41, 5.74) is 7.55. The van der Waals surface area contributed by atoms with Crippen LogP contribution in [0.3, 0.4) is 0 Å². The van der Waals surface area contributed by atoms with Gasteiger partial charge in [-0.2, -0.15) is 10.2 Å². The second-order valence-corrected chi connectivity index (χ2v) is 10.7. The number of hydrogen-bond donors (Lipinski definition) is 2. The van der Waals surface area contributed by atoms with Crippen molar-refractivity contribution in [3.05, 3.63) is 116 Å². The lowest BCUT2D eigenvalue weighted by Gasteiger charge is -2.13. The van der Waals surface area contributed by atoms with Crippen molar-refractivity contribution in [2.75, 3.05) is 14.2 Å². The van der Waals surface area contributed by atoms with Crippen LogP contribution in [0.1, 0.15) is 22.3 Å². The van der Waals surface area contributed by atoms with Crippen LogP contribution < -0.4 is 29.8 Å². The van der Waals surface area contributed by atoms with Crippen molar-refractivity contribution in [3.8, 4) is 23.0 Å². The second-order valence-electron chi connectivity index (χ2n) is 9.02. The van der Waals surface area contributed by atoms with Crippen molar-refractivity contribution < 1.29 is 28.5 Å². The number of ether oxygens (including phenoxy) is 4. The van der Waals surface area contributed by atoms with E-state index in [1.54, 1.807) is 24.3 Å². The minimum absolute atomic E-state index is 0.357. The number of amides is 2. The van der Waals surface area contributed by atoms with E-state index in [0.717, 1.165) is 11.1 Å². The number of carbonyl (C=O) groups excluding carboxylic acids is 2. The van der Waals surface area contributed by atoms with Crippen molar-refractivity contribution in [3.63, 3.8) is 0 Å². The molecule has 0 aliphatic carbocycles. The van der Waals surface area contributed by atoms with Gasteiger partial charge in [0.25, 0.3) is 0 Å². The summed E-state index contributed by atoms with van der Waals surface area (Å²) in [7, 11) is 3.04. The van der Waals surface area contributed by atoms with Gasteiger partial charge in [-0.3, -0.25) is 9.59 Å². The Balaban J connectivity index is 1.30. The third kappa shape index (κ3) is 9.16. The van der Waals surface area contributed by atoms with Gasteiger partial charge in [0.15, 0.2) is 23.0 Å². The Labute approximate surface area is 271 Å². The SMILES string of the molecule is COc1cc(/C=N/NC(=O)C(=O)N/N=C/c2cc(Br)c(OCc3ccccc3)c(OC)c2)cc(Br)c1OCc1ccccc1. The zero-order valence-corrected chi connectivity index (χ0v) is 26.9. The van der Waals surface area contributed by atoms with Gasteiger partial charge in [-0.1, -0.05) is 60.7 Å². The van der Waals surface area contributed by atoms with Crippen molar-refractivity contribution in [1.29, 1.82) is 0 Å². The zero-order valence-electron chi connectivity index (χ0n) is 23.8. The fourth-order valence-corrected chi connectivity index (χ4v) is 4.95. The topological polar surface area (TPSA) is 120 Å². The molecule has 0 fully saturated rings. The van der Waals surface area contributed by atoms with Crippen LogP contribution >= 0.6 is 31.9 Å². The summed E-state index contributed by atoms with van der Waals surface area (Å²) >= 11 is 6.97. The Hall–Kier alpha value is -4.68. The van der Waals surface area contributed by atoms with E-state index in [4.69, 9.17) is 18.9 Å². The average Bonchev–Trinajstić information content (AvgIpc) is 3.04. The Morgan fingerprint density at radius 3 is 1.41 bits per heavy atom. The highest BCUT2D eigenvalue weighted by Crippen LogP contribution is 2.38. The smallest absolute Gasteiger partial charge is 0.331 e. The molecular weight excluding hydrogens is 696 g/mol. The third-order valence-electron chi connectivity index (χ3n) is 5.92. The van der Waals surface area contributed by atoms with E-state index in [1.165, 1.54) is 26.6 Å². The molecule has 0 aliphatic rings. The van der Waals surface area contributed by atoms with Crippen LogP contribution in [0.4, 0.5) is 0 Å². The van der Waals surface area contributed by atoms with Gasteiger partial charge in [0.1, 0.15) is 13.2 Å². The van der Waals surface area contributed by atoms with E-state index in [9.17, 15) is 9.59 Å². The Morgan fingerprint density at radius 1 is 0.659 bits per heavy atom. The lowest BCUT2D eigenvalue weighted by molar-refractivity contribution is -0.139. The first-order valence-electron chi connectivity index (χ1n) is 13.1. The normalized spacial score (nSPS) is 10.9. The maximum absolute atomic E-state index is 12.2. The highest BCUT2D eigenvalue weighted by molar-refractivity contribution is 9.11. The average molecular weight is 724 g/mol. The van der Waals surface area contributed by atoms with Crippen LogP contribution in [0, 0.1) is 0 Å². The van der Waals surface area contributed by atoms with Gasteiger partial charge < -0.3 is 18.9 Å². The molecule has 4 rings (SSSR count). The standard InChI is InChI=1S/C32H28Br2N4O6/c1-41-27-15-23(13-25(33)29(27)43-19-21-9-5-3-6-10-21)17-35-37-31(39)32(40)38-36-18-24-14-26(34)30(28(16-24)42-2)44-20-22-11-7-4-8-12-22/h3-18H,19-20H2,1-2H3,(H,37,39)(H,38,40)/b35-17+,36-18+. The Kier molecular flexibility index (Phi) is 11.9. The monoisotopic (exact) mass is 722 g/mol. The minimum Gasteiger partial charge on any atom is -0.493 e. The molecule has 0 bridgehead atoms. The minimum atomic E-state index is -1.00. The van der Waals surface area contributed by atoms with Gasteiger partial charge in [0.05, 0.1) is 35.6 Å². The lowest BCUT2D eigenvalue weighted by Crippen LogP contribution is -2.35. The number of rotatable bonds is 12. The molecule has 10 nitrogen and oxygen atoms in total. The molecule has 0 aliphatic heterocycles. The van der Waals surface area contributed by atoms with Crippen molar-refractivity contribution in [1.82, 2.24) is 10.9 Å². The maximum Gasteiger partial charge on any atom is 0.331 e.